The molecule has 1 saturated heterocycles. The Hall–Kier alpha value is -2.54. The van der Waals surface area contributed by atoms with E-state index in [0.717, 1.165) is 37.2 Å². The van der Waals surface area contributed by atoms with Crippen LogP contribution < -0.4 is 9.64 Å². The van der Waals surface area contributed by atoms with E-state index in [1.165, 1.54) is 5.69 Å². The standard InChI is InChI=1S/C18H19N3O/c1-22-17-4-2-3-15(13-17)18(14-19)7-11-21(12-8-18)16-5-9-20-10-6-16/h2-6,9-10,13H,7-8,11-12H2,1H3. The summed E-state index contributed by atoms with van der Waals surface area (Å²) >= 11 is 0. The van der Waals surface area contributed by atoms with E-state index in [-0.39, 0.29) is 0 Å². The molecule has 112 valence electrons. The summed E-state index contributed by atoms with van der Waals surface area (Å²) in [6.45, 7) is 1.74. The van der Waals surface area contributed by atoms with E-state index in [9.17, 15) is 5.26 Å². The molecule has 0 saturated carbocycles. The second-order valence-corrected chi connectivity index (χ2v) is 5.62. The number of anilines is 1. The van der Waals surface area contributed by atoms with Crippen molar-refractivity contribution in [2.24, 2.45) is 0 Å². The second kappa shape index (κ2) is 6.07. The van der Waals surface area contributed by atoms with Crippen LogP contribution in [-0.2, 0) is 5.41 Å². The molecule has 4 heteroatoms. The minimum absolute atomic E-state index is 0.419. The van der Waals surface area contributed by atoms with Crippen LogP contribution in [0.3, 0.4) is 0 Å². The van der Waals surface area contributed by atoms with Crippen molar-refractivity contribution in [1.82, 2.24) is 4.98 Å². The van der Waals surface area contributed by atoms with E-state index in [1.807, 2.05) is 48.8 Å². The lowest BCUT2D eigenvalue weighted by Crippen LogP contribution is -2.42. The number of ether oxygens (including phenoxy) is 1. The Bertz CT molecular complexity index is 670. The number of pyridine rings is 1. The normalized spacial score (nSPS) is 16.8. The molecule has 3 rings (SSSR count). The van der Waals surface area contributed by atoms with E-state index in [2.05, 4.69) is 16.0 Å². The van der Waals surface area contributed by atoms with Gasteiger partial charge in [-0.3, -0.25) is 4.98 Å². The summed E-state index contributed by atoms with van der Waals surface area (Å²) in [5, 5.41) is 9.80. The quantitative estimate of drug-likeness (QED) is 0.872. The van der Waals surface area contributed by atoms with Gasteiger partial charge in [0.25, 0.3) is 0 Å². The van der Waals surface area contributed by atoms with Gasteiger partial charge in [-0.1, -0.05) is 12.1 Å². The first-order valence-electron chi connectivity index (χ1n) is 7.48. The van der Waals surface area contributed by atoms with Gasteiger partial charge in [0.1, 0.15) is 5.75 Å². The van der Waals surface area contributed by atoms with Crippen LogP contribution in [0.2, 0.25) is 0 Å². The van der Waals surface area contributed by atoms with Crippen LogP contribution in [0.1, 0.15) is 18.4 Å². The average molecular weight is 293 g/mol. The van der Waals surface area contributed by atoms with Gasteiger partial charge in [0.15, 0.2) is 0 Å². The zero-order valence-corrected chi connectivity index (χ0v) is 12.7. The third kappa shape index (κ3) is 2.62. The van der Waals surface area contributed by atoms with Crippen molar-refractivity contribution in [2.75, 3.05) is 25.1 Å². The summed E-state index contributed by atoms with van der Waals surface area (Å²) in [5.41, 5.74) is 1.81. The molecular weight excluding hydrogens is 274 g/mol. The fourth-order valence-corrected chi connectivity index (χ4v) is 3.09. The lowest BCUT2D eigenvalue weighted by molar-refractivity contribution is 0.400. The Morgan fingerprint density at radius 1 is 1.18 bits per heavy atom. The van der Waals surface area contributed by atoms with Gasteiger partial charge in [-0.15, -0.1) is 0 Å². The van der Waals surface area contributed by atoms with E-state index in [0.29, 0.717) is 0 Å². The summed E-state index contributed by atoms with van der Waals surface area (Å²) in [4.78, 5) is 6.38. The first-order chi connectivity index (χ1) is 10.8. The lowest BCUT2D eigenvalue weighted by Gasteiger charge is -2.38. The minimum Gasteiger partial charge on any atom is -0.497 e. The van der Waals surface area contributed by atoms with Crippen LogP contribution in [0, 0.1) is 11.3 Å². The minimum atomic E-state index is -0.419. The van der Waals surface area contributed by atoms with E-state index in [1.54, 1.807) is 7.11 Å². The molecule has 1 fully saturated rings. The van der Waals surface area contributed by atoms with Crippen molar-refractivity contribution < 1.29 is 4.74 Å². The molecule has 0 aliphatic carbocycles. The SMILES string of the molecule is COc1cccc(C2(C#N)CCN(c3ccncc3)CC2)c1. The Balaban J connectivity index is 1.81. The number of hydrogen-bond acceptors (Lipinski definition) is 4. The summed E-state index contributed by atoms with van der Waals surface area (Å²) < 4.78 is 5.30. The maximum atomic E-state index is 9.80. The second-order valence-electron chi connectivity index (χ2n) is 5.62. The number of aromatic nitrogens is 1. The Morgan fingerprint density at radius 3 is 2.55 bits per heavy atom. The molecule has 2 aromatic rings. The van der Waals surface area contributed by atoms with Crippen molar-refractivity contribution in [3.05, 3.63) is 54.4 Å². The van der Waals surface area contributed by atoms with Gasteiger partial charge in [-0.25, -0.2) is 0 Å². The van der Waals surface area contributed by atoms with Gasteiger partial charge in [0.05, 0.1) is 18.6 Å². The fourth-order valence-electron chi connectivity index (χ4n) is 3.09. The highest BCUT2D eigenvalue weighted by Crippen LogP contribution is 2.37. The largest absolute Gasteiger partial charge is 0.497 e. The summed E-state index contributed by atoms with van der Waals surface area (Å²) in [6.07, 6.45) is 5.26. The van der Waals surface area contributed by atoms with E-state index < -0.39 is 5.41 Å². The van der Waals surface area contributed by atoms with Gasteiger partial charge >= 0.3 is 0 Å². The monoisotopic (exact) mass is 293 g/mol. The molecule has 0 radical (unpaired) electrons. The molecule has 0 amide bonds. The number of methoxy groups -OCH3 is 1. The van der Waals surface area contributed by atoms with Crippen molar-refractivity contribution in [3.63, 3.8) is 0 Å². The molecule has 0 bridgehead atoms. The van der Waals surface area contributed by atoms with Crippen LogP contribution in [0.5, 0.6) is 5.75 Å². The highest BCUT2D eigenvalue weighted by atomic mass is 16.5. The average Bonchev–Trinajstić information content (AvgIpc) is 2.62. The zero-order chi connectivity index (χ0) is 15.4. The third-order valence-corrected chi connectivity index (χ3v) is 4.48. The highest BCUT2D eigenvalue weighted by molar-refractivity contribution is 5.47. The first kappa shape index (κ1) is 14.4. The maximum Gasteiger partial charge on any atom is 0.119 e. The molecule has 22 heavy (non-hydrogen) atoms. The Morgan fingerprint density at radius 2 is 1.91 bits per heavy atom. The van der Waals surface area contributed by atoms with Gasteiger partial charge in [0.2, 0.25) is 0 Å². The third-order valence-electron chi connectivity index (χ3n) is 4.48. The number of benzene rings is 1. The van der Waals surface area contributed by atoms with Crippen LogP contribution in [-0.4, -0.2) is 25.2 Å². The van der Waals surface area contributed by atoms with Gasteiger partial charge in [-0.2, -0.15) is 5.26 Å². The van der Waals surface area contributed by atoms with Crippen LogP contribution >= 0.6 is 0 Å². The lowest BCUT2D eigenvalue weighted by atomic mass is 9.74. The van der Waals surface area contributed by atoms with Crippen molar-refractivity contribution in [2.45, 2.75) is 18.3 Å². The Kier molecular flexibility index (Phi) is 3.97. The highest BCUT2D eigenvalue weighted by Gasteiger charge is 2.36. The van der Waals surface area contributed by atoms with Crippen LogP contribution in [0.25, 0.3) is 0 Å². The zero-order valence-electron chi connectivity index (χ0n) is 12.7. The molecule has 0 atom stereocenters. The molecule has 1 aliphatic rings. The smallest absolute Gasteiger partial charge is 0.119 e. The van der Waals surface area contributed by atoms with E-state index >= 15 is 0 Å². The number of hydrogen-bond donors (Lipinski definition) is 0. The summed E-state index contributed by atoms with van der Waals surface area (Å²) in [6, 6.07) is 14.5. The fraction of sp³-hybridized carbons (Fsp3) is 0.333. The number of nitrogens with zero attached hydrogens (tertiary/aromatic N) is 3. The summed E-state index contributed by atoms with van der Waals surface area (Å²) in [5.74, 6) is 0.809. The van der Waals surface area contributed by atoms with Crippen molar-refractivity contribution in [3.8, 4) is 11.8 Å². The molecule has 2 heterocycles. The molecule has 0 spiro atoms. The molecular formula is C18H19N3O. The van der Waals surface area contributed by atoms with Crippen LogP contribution in [0.4, 0.5) is 5.69 Å². The van der Waals surface area contributed by atoms with Gasteiger partial charge in [0, 0.05) is 31.2 Å². The Labute approximate surface area is 131 Å². The number of rotatable bonds is 3. The summed E-state index contributed by atoms with van der Waals surface area (Å²) in [7, 11) is 1.66. The molecule has 1 aromatic heterocycles. The predicted octanol–water partition coefficient (Wildman–Crippen LogP) is 3.15. The van der Waals surface area contributed by atoms with Crippen LogP contribution in [0.15, 0.2) is 48.8 Å². The molecule has 1 aliphatic heterocycles. The molecule has 0 N–H and O–H groups in total. The van der Waals surface area contributed by atoms with E-state index in [4.69, 9.17) is 4.74 Å². The van der Waals surface area contributed by atoms with Gasteiger partial charge in [-0.05, 0) is 42.7 Å². The molecule has 0 unspecified atom stereocenters. The number of nitriles is 1. The topological polar surface area (TPSA) is 49.1 Å². The first-order valence-corrected chi connectivity index (χ1v) is 7.48. The molecule has 1 aromatic carbocycles. The number of piperidine rings is 1. The van der Waals surface area contributed by atoms with Gasteiger partial charge < -0.3 is 9.64 Å². The predicted molar refractivity (Wildman–Crippen MR) is 86.0 cm³/mol. The van der Waals surface area contributed by atoms with Crippen molar-refractivity contribution >= 4 is 5.69 Å². The maximum absolute atomic E-state index is 9.80. The van der Waals surface area contributed by atoms with Crippen molar-refractivity contribution in [1.29, 1.82) is 5.26 Å². The molecule has 4 nitrogen and oxygen atoms in total.